The molecule has 0 spiro atoms. The van der Waals surface area contributed by atoms with Crippen LogP contribution in [0.3, 0.4) is 0 Å². The summed E-state index contributed by atoms with van der Waals surface area (Å²) in [6.45, 7) is 6.96. The van der Waals surface area contributed by atoms with Gasteiger partial charge < -0.3 is 21.4 Å². The van der Waals surface area contributed by atoms with Crippen LogP contribution in [0.4, 0.5) is 0 Å². The van der Waals surface area contributed by atoms with Gasteiger partial charge in [0, 0.05) is 6.04 Å². The molecule has 0 aliphatic carbocycles. The van der Waals surface area contributed by atoms with E-state index < -0.39 is 11.5 Å². The molecule has 68 valence electrons. The van der Waals surface area contributed by atoms with Crippen LogP contribution in [0.5, 0.6) is 0 Å². The van der Waals surface area contributed by atoms with Crippen LogP contribution in [0.25, 0.3) is 0 Å². The van der Waals surface area contributed by atoms with Crippen LogP contribution in [0.15, 0.2) is 0 Å². The van der Waals surface area contributed by atoms with E-state index in [4.69, 9.17) is 0 Å². The molecule has 0 rings (SSSR count). The Balaban J connectivity index is 0. The van der Waals surface area contributed by atoms with Gasteiger partial charge in [0.25, 0.3) is 0 Å². The SMILES string of the molecule is CC(C)NC(C)(C)C(=O)[O-].[NH4+]. The summed E-state index contributed by atoms with van der Waals surface area (Å²) < 4.78 is 0. The van der Waals surface area contributed by atoms with E-state index in [0.29, 0.717) is 0 Å². The van der Waals surface area contributed by atoms with Crippen LogP contribution in [0, 0.1) is 0 Å². The molecule has 5 N–H and O–H groups in total. The predicted molar refractivity (Wildman–Crippen MR) is 43.3 cm³/mol. The highest BCUT2D eigenvalue weighted by molar-refractivity contribution is 5.75. The van der Waals surface area contributed by atoms with Gasteiger partial charge in [0.05, 0.1) is 11.5 Å². The second-order valence-electron chi connectivity index (χ2n) is 3.21. The minimum absolute atomic E-state index is 0. The van der Waals surface area contributed by atoms with Gasteiger partial charge in [-0.1, -0.05) is 13.8 Å². The molecule has 0 atom stereocenters. The second kappa shape index (κ2) is 4.31. The number of nitrogens with one attached hydrogen (secondary N) is 1. The van der Waals surface area contributed by atoms with E-state index in [-0.39, 0.29) is 12.2 Å². The first-order valence-corrected chi connectivity index (χ1v) is 3.35. The van der Waals surface area contributed by atoms with Gasteiger partial charge in [-0.3, -0.25) is 0 Å². The van der Waals surface area contributed by atoms with Crippen molar-refractivity contribution in [1.29, 1.82) is 0 Å². The van der Waals surface area contributed by atoms with Gasteiger partial charge in [-0.2, -0.15) is 0 Å². The molecule has 0 aromatic heterocycles. The lowest BCUT2D eigenvalue weighted by atomic mass is 10.1. The zero-order chi connectivity index (χ0) is 8.36. The molecule has 0 aromatic carbocycles. The van der Waals surface area contributed by atoms with E-state index >= 15 is 0 Å². The lowest BCUT2D eigenvalue weighted by Gasteiger charge is -2.29. The Labute approximate surface area is 67.6 Å². The number of carbonyl (C=O) groups is 1. The third-order valence-electron chi connectivity index (χ3n) is 1.16. The maximum atomic E-state index is 10.4. The van der Waals surface area contributed by atoms with Crippen LogP contribution < -0.4 is 16.6 Å². The number of rotatable bonds is 3. The van der Waals surface area contributed by atoms with Gasteiger partial charge in [-0.05, 0) is 13.8 Å². The Bertz CT molecular complexity index is 132. The molecule has 0 aromatic rings. The van der Waals surface area contributed by atoms with Gasteiger partial charge in [0.1, 0.15) is 0 Å². The highest BCUT2D eigenvalue weighted by Crippen LogP contribution is 2.00. The molecule has 4 nitrogen and oxygen atoms in total. The van der Waals surface area contributed by atoms with Gasteiger partial charge in [-0.15, -0.1) is 0 Å². The summed E-state index contributed by atoms with van der Waals surface area (Å²) in [5, 5.41) is 13.2. The molecule has 11 heavy (non-hydrogen) atoms. The number of carboxylic acid groups (broad SMARTS) is 1. The zero-order valence-electron chi connectivity index (χ0n) is 7.89. The number of hydrogen-bond acceptors (Lipinski definition) is 3. The van der Waals surface area contributed by atoms with E-state index in [1.165, 1.54) is 0 Å². The minimum atomic E-state index is -1.07. The Morgan fingerprint density at radius 1 is 1.45 bits per heavy atom. The standard InChI is InChI=1S/C7H15NO2.H3N/c1-5(2)8-7(3,4)6(9)10;/h5,8H,1-4H3,(H,9,10);1H3. The number of quaternary nitrogens is 1. The van der Waals surface area contributed by atoms with E-state index in [1.807, 2.05) is 13.8 Å². The Hall–Kier alpha value is -0.610. The molecule has 0 bridgehead atoms. The minimum Gasteiger partial charge on any atom is -0.548 e. The third-order valence-corrected chi connectivity index (χ3v) is 1.16. The van der Waals surface area contributed by atoms with E-state index in [9.17, 15) is 9.90 Å². The predicted octanol–water partition coefficient (Wildman–Crippen LogP) is -0.111. The molecule has 4 heteroatoms. The Morgan fingerprint density at radius 2 is 1.82 bits per heavy atom. The highest BCUT2D eigenvalue weighted by atomic mass is 16.4. The molecular formula is C7H18N2O2. The first kappa shape index (κ1) is 13.0. The smallest absolute Gasteiger partial charge is 0.0610 e. The molecule has 0 aliphatic heterocycles. The van der Waals surface area contributed by atoms with Crippen molar-refractivity contribution in [3.8, 4) is 0 Å². The van der Waals surface area contributed by atoms with Crippen LogP contribution in [-0.4, -0.2) is 17.6 Å². The van der Waals surface area contributed by atoms with E-state index in [2.05, 4.69) is 5.32 Å². The topological polar surface area (TPSA) is 88.7 Å². The van der Waals surface area contributed by atoms with Gasteiger partial charge in [0.2, 0.25) is 0 Å². The molecule has 0 saturated heterocycles. The highest BCUT2D eigenvalue weighted by Gasteiger charge is 2.18. The normalized spacial score (nSPS) is 11.0. The lowest BCUT2D eigenvalue weighted by molar-refractivity contribution is -0.313. The lowest BCUT2D eigenvalue weighted by Crippen LogP contribution is -2.56. The van der Waals surface area contributed by atoms with Gasteiger partial charge in [-0.25, -0.2) is 0 Å². The monoisotopic (exact) mass is 162 g/mol. The average Bonchev–Trinajstić information content (AvgIpc) is 1.60. The van der Waals surface area contributed by atoms with Crippen molar-refractivity contribution in [1.82, 2.24) is 11.5 Å². The average molecular weight is 162 g/mol. The van der Waals surface area contributed by atoms with Crippen LogP contribution in [0.1, 0.15) is 27.7 Å². The van der Waals surface area contributed by atoms with Crippen molar-refractivity contribution in [2.45, 2.75) is 39.3 Å². The van der Waals surface area contributed by atoms with Crippen LogP contribution >= 0.6 is 0 Å². The van der Waals surface area contributed by atoms with Gasteiger partial charge >= 0.3 is 0 Å². The fraction of sp³-hybridized carbons (Fsp3) is 0.857. The van der Waals surface area contributed by atoms with Crippen molar-refractivity contribution in [2.75, 3.05) is 0 Å². The molecule has 0 heterocycles. The number of carbonyl (C=O) groups excluding carboxylic acids is 1. The number of hydrogen-bond donors (Lipinski definition) is 2. The maximum absolute atomic E-state index is 10.4. The maximum Gasteiger partial charge on any atom is 0.0610 e. The first-order valence-electron chi connectivity index (χ1n) is 3.35. The second-order valence-corrected chi connectivity index (χ2v) is 3.21. The summed E-state index contributed by atoms with van der Waals surface area (Å²) in [7, 11) is 0. The quantitative estimate of drug-likeness (QED) is 0.606. The third kappa shape index (κ3) is 4.75. The summed E-state index contributed by atoms with van der Waals surface area (Å²) in [5.41, 5.74) is -0.922. The Morgan fingerprint density at radius 3 is 1.91 bits per heavy atom. The molecule has 0 fully saturated rings. The van der Waals surface area contributed by atoms with Crippen LogP contribution in [0.2, 0.25) is 0 Å². The summed E-state index contributed by atoms with van der Waals surface area (Å²) in [6.07, 6.45) is 0. The van der Waals surface area contributed by atoms with Crippen LogP contribution in [-0.2, 0) is 4.79 Å². The van der Waals surface area contributed by atoms with Crippen molar-refractivity contribution in [3.05, 3.63) is 0 Å². The van der Waals surface area contributed by atoms with Gasteiger partial charge in [0.15, 0.2) is 0 Å². The summed E-state index contributed by atoms with van der Waals surface area (Å²) in [4.78, 5) is 10.4. The first-order chi connectivity index (χ1) is 4.36. The largest absolute Gasteiger partial charge is 0.548 e. The molecule has 0 unspecified atom stereocenters. The zero-order valence-corrected chi connectivity index (χ0v) is 7.89. The summed E-state index contributed by atoms with van der Waals surface area (Å²) >= 11 is 0. The van der Waals surface area contributed by atoms with Crippen molar-refractivity contribution < 1.29 is 9.90 Å². The summed E-state index contributed by atoms with van der Waals surface area (Å²) in [6, 6.07) is 0.160. The number of carboxylic acids is 1. The fourth-order valence-corrected chi connectivity index (χ4v) is 0.781. The Kier molecular flexibility index (Phi) is 5.09. The fourth-order valence-electron chi connectivity index (χ4n) is 0.781. The molecule has 0 saturated carbocycles. The molecule has 0 aliphatic rings. The van der Waals surface area contributed by atoms with E-state index in [0.717, 1.165) is 0 Å². The van der Waals surface area contributed by atoms with Crippen molar-refractivity contribution in [2.24, 2.45) is 0 Å². The molecular weight excluding hydrogens is 144 g/mol. The summed E-state index contributed by atoms with van der Waals surface area (Å²) in [5.74, 6) is -1.07. The van der Waals surface area contributed by atoms with Crippen molar-refractivity contribution >= 4 is 5.97 Å². The van der Waals surface area contributed by atoms with Crippen molar-refractivity contribution in [3.63, 3.8) is 0 Å². The molecule has 0 radical (unpaired) electrons. The molecule has 0 amide bonds. The number of aliphatic carboxylic acids is 1. The van der Waals surface area contributed by atoms with E-state index in [1.54, 1.807) is 13.8 Å².